The molecule has 0 saturated heterocycles. The summed E-state index contributed by atoms with van der Waals surface area (Å²) in [5.41, 5.74) is 4.35. The van der Waals surface area contributed by atoms with Gasteiger partial charge in [-0.2, -0.15) is 0 Å². The van der Waals surface area contributed by atoms with Crippen LogP contribution in [0.5, 0.6) is 11.5 Å². The number of hydrogen-bond acceptors (Lipinski definition) is 5. The van der Waals surface area contributed by atoms with Crippen LogP contribution in [0.2, 0.25) is 0 Å². The number of aliphatic hydroxyl groups excluding tert-OH is 1. The Morgan fingerprint density at radius 3 is 2.17 bits per heavy atom. The van der Waals surface area contributed by atoms with Gasteiger partial charge in [-0.25, -0.2) is 0 Å². The first-order valence-corrected chi connectivity index (χ1v) is 11.6. The van der Waals surface area contributed by atoms with Crippen molar-refractivity contribution in [3.05, 3.63) is 101 Å². The Kier molecular flexibility index (Phi) is 5.95. The molecule has 3 aromatic rings. The van der Waals surface area contributed by atoms with Crippen molar-refractivity contribution in [2.75, 3.05) is 21.3 Å². The van der Waals surface area contributed by atoms with Gasteiger partial charge in [0.1, 0.15) is 16.9 Å². The molecule has 0 saturated carbocycles. The van der Waals surface area contributed by atoms with E-state index in [9.17, 15) is 9.90 Å². The van der Waals surface area contributed by atoms with Crippen LogP contribution in [-0.2, 0) is 9.53 Å². The summed E-state index contributed by atoms with van der Waals surface area (Å²) in [6, 6.07) is 23.3. The van der Waals surface area contributed by atoms with Crippen LogP contribution in [0.15, 0.2) is 78.9 Å². The highest BCUT2D eigenvalue weighted by atomic mass is 16.5. The highest BCUT2D eigenvalue weighted by Crippen LogP contribution is 2.62. The normalized spacial score (nSPS) is 23.8. The Morgan fingerprint density at radius 1 is 0.914 bits per heavy atom. The molecular weight excluding hydrogens is 440 g/mol. The summed E-state index contributed by atoms with van der Waals surface area (Å²) in [5, 5.41) is 11.2. The molecule has 0 amide bonds. The smallest absolute Gasteiger partial charge is 0.320 e. The number of benzene rings is 3. The minimum atomic E-state index is -1.06. The molecule has 0 fully saturated rings. The van der Waals surface area contributed by atoms with E-state index in [0.717, 1.165) is 39.3 Å². The van der Waals surface area contributed by atoms with Crippen molar-refractivity contribution in [3.63, 3.8) is 0 Å². The van der Waals surface area contributed by atoms with Gasteiger partial charge in [-0.3, -0.25) is 4.79 Å². The van der Waals surface area contributed by atoms with Crippen LogP contribution >= 0.6 is 0 Å². The fourth-order valence-electron chi connectivity index (χ4n) is 5.49. The quantitative estimate of drug-likeness (QED) is 0.512. The summed E-state index contributed by atoms with van der Waals surface area (Å²) in [6.45, 7) is 0. The third-order valence-electron chi connectivity index (χ3n) is 7.20. The molecule has 0 aromatic heterocycles. The van der Waals surface area contributed by atoms with E-state index in [0.29, 0.717) is 12.0 Å². The summed E-state index contributed by atoms with van der Waals surface area (Å²) in [4.78, 5) is 13.7. The monoisotopic (exact) mass is 468 g/mol. The molecule has 5 nitrogen and oxygen atoms in total. The molecule has 5 heteroatoms. The molecule has 2 aliphatic carbocycles. The van der Waals surface area contributed by atoms with E-state index in [-0.39, 0.29) is 11.9 Å². The van der Waals surface area contributed by atoms with Crippen molar-refractivity contribution in [2.45, 2.75) is 18.4 Å². The molecule has 0 bridgehead atoms. The molecule has 5 rings (SSSR count). The Balaban J connectivity index is 1.75. The minimum absolute atomic E-state index is 0.243. The van der Waals surface area contributed by atoms with Crippen molar-refractivity contribution in [2.24, 2.45) is 5.41 Å². The maximum absolute atomic E-state index is 13.7. The Hall–Kier alpha value is -3.83. The van der Waals surface area contributed by atoms with Gasteiger partial charge in [0, 0.05) is 5.92 Å². The number of methoxy groups -OCH3 is 3. The molecule has 1 N–H and O–H groups in total. The molecule has 0 radical (unpaired) electrons. The molecule has 0 aliphatic heterocycles. The summed E-state index contributed by atoms with van der Waals surface area (Å²) >= 11 is 0. The largest absolute Gasteiger partial charge is 0.497 e. The van der Waals surface area contributed by atoms with Crippen LogP contribution in [0.1, 0.15) is 34.6 Å². The van der Waals surface area contributed by atoms with E-state index >= 15 is 0 Å². The second-order valence-electron chi connectivity index (χ2n) is 8.91. The van der Waals surface area contributed by atoms with Crippen molar-refractivity contribution in [1.82, 2.24) is 0 Å². The van der Waals surface area contributed by atoms with Gasteiger partial charge in [-0.1, -0.05) is 54.6 Å². The molecule has 0 heterocycles. The molecule has 35 heavy (non-hydrogen) atoms. The summed E-state index contributed by atoms with van der Waals surface area (Å²) < 4.78 is 16.0. The number of aliphatic hydroxyl groups is 1. The lowest BCUT2D eigenvalue weighted by molar-refractivity contribution is -0.148. The zero-order valence-corrected chi connectivity index (χ0v) is 20.0. The maximum atomic E-state index is 13.7. The van der Waals surface area contributed by atoms with Gasteiger partial charge in [-0.15, -0.1) is 0 Å². The van der Waals surface area contributed by atoms with Gasteiger partial charge in [0.15, 0.2) is 0 Å². The number of esters is 1. The number of rotatable bonds is 5. The number of fused-ring (bicyclic) bond motifs is 3. The van der Waals surface area contributed by atoms with Gasteiger partial charge in [0.25, 0.3) is 0 Å². The standard InChI is InChI=1S/C30H28O5/c1-33-21-12-8-19(9-13-21)16-26-23-6-4-5-7-24(23)27-17-28(31)25(18-30(26,27)29(32)35-3)20-10-14-22(34-2)15-11-20/h4-16,18,27-28,31H,17H2,1-3H3/b26-16+/t27-,28+,30-/m1/s1. The van der Waals surface area contributed by atoms with Crippen LogP contribution in [0, 0.1) is 5.41 Å². The predicted octanol–water partition coefficient (Wildman–Crippen LogP) is 5.35. The summed E-state index contributed by atoms with van der Waals surface area (Å²) in [5.74, 6) is 0.916. The first-order valence-electron chi connectivity index (χ1n) is 11.6. The zero-order chi connectivity index (χ0) is 24.6. The van der Waals surface area contributed by atoms with E-state index in [1.54, 1.807) is 14.2 Å². The Labute approximate surface area is 205 Å². The van der Waals surface area contributed by atoms with E-state index in [2.05, 4.69) is 6.08 Å². The summed E-state index contributed by atoms with van der Waals surface area (Å²) in [6.07, 6.45) is 3.66. The molecule has 0 unspecified atom stereocenters. The molecular formula is C30H28O5. The van der Waals surface area contributed by atoms with Crippen LogP contribution in [0.3, 0.4) is 0 Å². The zero-order valence-electron chi connectivity index (χ0n) is 20.0. The topological polar surface area (TPSA) is 65.0 Å². The van der Waals surface area contributed by atoms with E-state index < -0.39 is 11.5 Å². The lowest BCUT2D eigenvalue weighted by Crippen LogP contribution is -2.39. The van der Waals surface area contributed by atoms with E-state index in [1.807, 2.05) is 78.9 Å². The van der Waals surface area contributed by atoms with Crippen LogP contribution in [-0.4, -0.2) is 38.5 Å². The highest BCUT2D eigenvalue weighted by Gasteiger charge is 2.57. The lowest BCUT2D eigenvalue weighted by Gasteiger charge is -2.38. The van der Waals surface area contributed by atoms with E-state index in [1.165, 1.54) is 7.11 Å². The maximum Gasteiger partial charge on any atom is 0.320 e. The molecule has 0 spiro atoms. The van der Waals surface area contributed by atoms with E-state index in [4.69, 9.17) is 14.2 Å². The third-order valence-corrected chi connectivity index (χ3v) is 7.20. The third kappa shape index (κ3) is 3.72. The van der Waals surface area contributed by atoms with Crippen LogP contribution < -0.4 is 9.47 Å². The number of ether oxygens (including phenoxy) is 3. The number of carbonyl (C=O) groups is 1. The average molecular weight is 469 g/mol. The average Bonchev–Trinajstić information content (AvgIpc) is 3.18. The van der Waals surface area contributed by atoms with Gasteiger partial charge in [-0.05, 0) is 70.2 Å². The SMILES string of the molecule is COC(=O)[C@@]12C=C(c3ccc(OC)cc3)[C@@H](O)C[C@@H]1c1ccccc1/C2=C\c1ccc(OC)cc1. The summed E-state index contributed by atoms with van der Waals surface area (Å²) in [7, 11) is 4.68. The predicted molar refractivity (Wildman–Crippen MR) is 136 cm³/mol. The van der Waals surface area contributed by atoms with Crippen molar-refractivity contribution in [1.29, 1.82) is 0 Å². The fourth-order valence-corrected chi connectivity index (χ4v) is 5.49. The number of carbonyl (C=O) groups excluding carboxylic acids is 1. The fraction of sp³-hybridized carbons (Fsp3) is 0.233. The minimum Gasteiger partial charge on any atom is -0.497 e. The molecule has 3 atom stereocenters. The van der Waals surface area contributed by atoms with Gasteiger partial charge in [0.05, 0.1) is 27.4 Å². The lowest BCUT2D eigenvalue weighted by atomic mass is 9.65. The molecule has 178 valence electrons. The van der Waals surface area contributed by atoms with Gasteiger partial charge in [0.2, 0.25) is 0 Å². The first-order chi connectivity index (χ1) is 17.0. The van der Waals surface area contributed by atoms with Crippen molar-refractivity contribution >= 4 is 23.2 Å². The molecule has 3 aromatic carbocycles. The van der Waals surface area contributed by atoms with Crippen LogP contribution in [0.25, 0.3) is 17.2 Å². The van der Waals surface area contributed by atoms with Gasteiger partial charge < -0.3 is 19.3 Å². The number of hydrogen-bond donors (Lipinski definition) is 1. The van der Waals surface area contributed by atoms with Crippen molar-refractivity contribution < 1.29 is 24.1 Å². The second-order valence-corrected chi connectivity index (χ2v) is 8.91. The molecule has 2 aliphatic rings. The van der Waals surface area contributed by atoms with Crippen molar-refractivity contribution in [3.8, 4) is 11.5 Å². The highest BCUT2D eigenvalue weighted by molar-refractivity contribution is 6.07. The van der Waals surface area contributed by atoms with Crippen LogP contribution in [0.4, 0.5) is 0 Å². The second kappa shape index (κ2) is 9.08. The van der Waals surface area contributed by atoms with Gasteiger partial charge >= 0.3 is 5.97 Å². The first kappa shape index (κ1) is 22.9. The Morgan fingerprint density at radius 2 is 1.54 bits per heavy atom. The Bertz CT molecular complexity index is 1300.